The normalized spacial score (nSPS) is 13.2. The average molecular weight is 482 g/mol. The van der Waals surface area contributed by atoms with Gasteiger partial charge < -0.3 is 33.7 Å². The number of hydrogen-bond donors (Lipinski definition) is 1. The van der Waals surface area contributed by atoms with Crippen LogP contribution in [0.5, 0.6) is 17.2 Å². The van der Waals surface area contributed by atoms with Crippen molar-refractivity contribution in [2.45, 2.75) is 6.54 Å². The molecule has 1 aliphatic heterocycles. The third-order valence-corrected chi connectivity index (χ3v) is 5.96. The lowest BCUT2D eigenvalue weighted by Crippen LogP contribution is -2.31. The number of aromatic nitrogens is 2. The lowest BCUT2D eigenvalue weighted by atomic mass is 10.1. The zero-order chi connectivity index (χ0) is 24.9. The Kier molecular flexibility index (Phi) is 7.40. The number of nitrogens with one attached hydrogen (secondary N) is 1. The van der Waals surface area contributed by atoms with Crippen molar-refractivity contribution < 1.29 is 18.9 Å². The van der Waals surface area contributed by atoms with Crippen LogP contribution in [0.25, 0.3) is 10.9 Å². The number of H-pyrrole nitrogens is 1. The van der Waals surface area contributed by atoms with Crippen LogP contribution in [-0.2, 0) is 11.3 Å². The molecule has 10 nitrogen and oxygen atoms in total. The number of aliphatic imine (C=N–C) groups is 1. The van der Waals surface area contributed by atoms with Gasteiger partial charge in [-0.25, -0.2) is 0 Å². The number of anilines is 1. The molecule has 0 aliphatic carbocycles. The van der Waals surface area contributed by atoms with E-state index in [1.807, 2.05) is 24.1 Å². The van der Waals surface area contributed by atoms with E-state index in [0.29, 0.717) is 41.5 Å². The van der Waals surface area contributed by atoms with E-state index in [-0.39, 0.29) is 5.75 Å². The molecule has 10 heteroatoms. The molecule has 1 N–H and O–H groups in total. The van der Waals surface area contributed by atoms with Gasteiger partial charge in [0.15, 0.2) is 11.5 Å². The second kappa shape index (κ2) is 10.6. The monoisotopic (exact) mass is 481 g/mol. The first-order chi connectivity index (χ1) is 17.0. The summed E-state index contributed by atoms with van der Waals surface area (Å²) >= 11 is 0. The molecule has 4 rings (SSSR count). The molecule has 0 unspecified atom stereocenters. The predicted octanol–water partition coefficient (Wildman–Crippen LogP) is 2.29. The van der Waals surface area contributed by atoms with Gasteiger partial charge in [0.05, 0.1) is 40.0 Å². The summed E-state index contributed by atoms with van der Waals surface area (Å²) in [5.41, 5.74) is 2.26. The van der Waals surface area contributed by atoms with E-state index in [9.17, 15) is 4.79 Å². The smallest absolute Gasteiger partial charge is 0.286 e. The minimum absolute atomic E-state index is 0.285. The number of hydrogen-bond acceptors (Lipinski definition) is 9. The summed E-state index contributed by atoms with van der Waals surface area (Å²) < 4.78 is 21.5. The fraction of sp³-hybridized carbons (Fsp3) is 0.400. The first-order valence-corrected chi connectivity index (χ1v) is 11.3. The molecule has 0 radical (unpaired) electrons. The molecule has 0 spiro atoms. The molecule has 0 amide bonds. The van der Waals surface area contributed by atoms with Gasteiger partial charge in [-0.05, 0) is 11.6 Å². The first kappa shape index (κ1) is 24.3. The van der Waals surface area contributed by atoms with Crippen LogP contribution in [0, 0.1) is 0 Å². The van der Waals surface area contributed by atoms with Crippen LogP contribution < -0.4 is 24.7 Å². The Morgan fingerprint density at radius 2 is 1.89 bits per heavy atom. The van der Waals surface area contributed by atoms with Crippen LogP contribution in [0.1, 0.15) is 11.1 Å². The molecule has 0 atom stereocenters. The zero-order valence-electron chi connectivity index (χ0n) is 20.8. The highest BCUT2D eigenvalue weighted by atomic mass is 16.5. The van der Waals surface area contributed by atoms with E-state index in [2.05, 4.69) is 27.0 Å². The predicted molar refractivity (Wildman–Crippen MR) is 135 cm³/mol. The van der Waals surface area contributed by atoms with Crippen LogP contribution in [0.4, 0.5) is 5.95 Å². The first-order valence-electron chi connectivity index (χ1n) is 11.3. The minimum Gasteiger partial charge on any atom is -0.493 e. The fourth-order valence-electron chi connectivity index (χ4n) is 4.28. The minimum atomic E-state index is -0.416. The molecule has 1 aliphatic rings. The van der Waals surface area contributed by atoms with Gasteiger partial charge in [-0.1, -0.05) is 18.2 Å². The summed E-state index contributed by atoms with van der Waals surface area (Å²) in [7, 11) is 8.10. The summed E-state index contributed by atoms with van der Waals surface area (Å²) in [5, 5.41) is 0.305. The van der Waals surface area contributed by atoms with Gasteiger partial charge in [0, 0.05) is 45.4 Å². The number of methoxy groups -OCH3 is 4. The van der Waals surface area contributed by atoms with E-state index in [1.54, 1.807) is 13.2 Å². The number of nitrogens with zero attached hydrogens (tertiary/aromatic N) is 4. The van der Waals surface area contributed by atoms with Crippen LogP contribution >= 0.6 is 0 Å². The summed E-state index contributed by atoms with van der Waals surface area (Å²) in [6, 6.07) is 9.97. The number of rotatable bonds is 10. The Balaban J connectivity index is 1.63. The second-order valence-corrected chi connectivity index (χ2v) is 8.18. The fourth-order valence-corrected chi connectivity index (χ4v) is 4.28. The second-order valence-electron chi connectivity index (χ2n) is 8.18. The van der Waals surface area contributed by atoms with E-state index in [1.165, 1.54) is 21.3 Å². The average Bonchev–Trinajstić information content (AvgIpc) is 3.34. The summed E-state index contributed by atoms with van der Waals surface area (Å²) in [6.45, 7) is 3.67. The van der Waals surface area contributed by atoms with Crippen molar-refractivity contribution in [3.05, 3.63) is 51.8 Å². The van der Waals surface area contributed by atoms with E-state index in [0.717, 1.165) is 36.6 Å². The number of amidine groups is 1. The molecular formula is C25H31N5O5. The lowest BCUT2D eigenvalue weighted by Gasteiger charge is -2.22. The Morgan fingerprint density at radius 1 is 1.09 bits per heavy atom. The van der Waals surface area contributed by atoms with Crippen molar-refractivity contribution in [2.75, 3.05) is 66.6 Å². The summed E-state index contributed by atoms with van der Waals surface area (Å²) in [6.07, 6.45) is 0. The van der Waals surface area contributed by atoms with Crippen molar-refractivity contribution in [3.63, 3.8) is 0 Å². The maximum absolute atomic E-state index is 13.0. The van der Waals surface area contributed by atoms with Gasteiger partial charge in [0.25, 0.3) is 5.56 Å². The van der Waals surface area contributed by atoms with Gasteiger partial charge in [-0.15, -0.1) is 0 Å². The molecule has 35 heavy (non-hydrogen) atoms. The molecule has 0 saturated carbocycles. The van der Waals surface area contributed by atoms with Crippen molar-refractivity contribution in [2.24, 2.45) is 4.99 Å². The SMILES string of the molecule is COCCN1CCN=C1c1cccc(CN(C)c2nc(=O)c3c(OC)c(OC)c(OC)cc3[nH]2)c1. The van der Waals surface area contributed by atoms with Gasteiger partial charge in [-0.3, -0.25) is 9.79 Å². The van der Waals surface area contributed by atoms with E-state index in [4.69, 9.17) is 23.9 Å². The Bertz CT molecular complexity index is 1290. The van der Waals surface area contributed by atoms with Gasteiger partial charge in [0.2, 0.25) is 11.7 Å². The van der Waals surface area contributed by atoms with Crippen molar-refractivity contribution >= 4 is 22.7 Å². The maximum atomic E-state index is 13.0. The summed E-state index contributed by atoms with van der Waals surface area (Å²) in [5.74, 6) is 2.50. The number of fused-ring (bicyclic) bond motifs is 1. The molecule has 0 bridgehead atoms. The third-order valence-electron chi connectivity index (χ3n) is 5.96. The van der Waals surface area contributed by atoms with Crippen molar-refractivity contribution in [3.8, 4) is 17.2 Å². The quantitative estimate of drug-likeness (QED) is 0.471. The summed E-state index contributed by atoms with van der Waals surface area (Å²) in [4.78, 5) is 29.3. The molecule has 0 fully saturated rings. The molecular weight excluding hydrogens is 450 g/mol. The van der Waals surface area contributed by atoms with Gasteiger partial charge in [-0.2, -0.15) is 4.98 Å². The molecule has 2 aromatic carbocycles. The van der Waals surface area contributed by atoms with Crippen molar-refractivity contribution in [1.82, 2.24) is 14.9 Å². The lowest BCUT2D eigenvalue weighted by molar-refractivity contribution is 0.179. The molecule has 3 aromatic rings. The molecule has 0 saturated heterocycles. The van der Waals surface area contributed by atoms with Gasteiger partial charge >= 0.3 is 0 Å². The maximum Gasteiger partial charge on any atom is 0.286 e. The Labute approximate surface area is 204 Å². The largest absolute Gasteiger partial charge is 0.493 e. The van der Waals surface area contributed by atoms with Crippen LogP contribution in [0.3, 0.4) is 0 Å². The number of aromatic amines is 1. The number of benzene rings is 2. The molecule has 2 heterocycles. The van der Waals surface area contributed by atoms with Crippen LogP contribution in [0.15, 0.2) is 40.1 Å². The van der Waals surface area contributed by atoms with Crippen molar-refractivity contribution in [1.29, 1.82) is 0 Å². The van der Waals surface area contributed by atoms with Crippen LogP contribution in [-0.4, -0.2) is 82.4 Å². The standard InChI is InChI=1S/C25H31N5O5/c1-29(15-16-7-6-8-17(13-16)23-26-9-10-30(23)11-12-32-2)25-27-18-14-19(33-3)21(34-4)22(35-5)20(18)24(31)28-25/h6-8,13-14H,9-12,15H2,1-5H3,(H,27,28,31). The highest BCUT2D eigenvalue weighted by molar-refractivity contribution is 6.00. The van der Waals surface area contributed by atoms with Crippen LogP contribution in [0.2, 0.25) is 0 Å². The third kappa shape index (κ3) is 4.88. The molecule has 186 valence electrons. The topological polar surface area (TPSA) is 102 Å². The zero-order valence-corrected chi connectivity index (χ0v) is 20.8. The molecule has 1 aromatic heterocycles. The van der Waals surface area contributed by atoms with Gasteiger partial charge in [0.1, 0.15) is 11.2 Å². The number of ether oxygens (including phenoxy) is 4. The highest BCUT2D eigenvalue weighted by Crippen LogP contribution is 2.41. The van der Waals surface area contributed by atoms with E-state index < -0.39 is 5.56 Å². The Morgan fingerprint density at radius 3 is 2.60 bits per heavy atom. The van der Waals surface area contributed by atoms with E-state index >= 15 is 0 Å². The Hall–Kier alpha value is -3.79. The highest BCUT2D eigenvalue weighted by Gasteiger charge is 2.21.